The van der Waals surface area contributed by atoms with E-state index >= 15 is 0 Å². The number of hydrogen-bond acceptors (Lipinski definition) is 3. The van der Waals surface area contributed by atoms with E-state index in [9.17, 15) is 9.59 Å². The van der Waals surface area contributed by atoms with Crippen LogP contribution in [0.25, 0.3) is 0 Å². The van der Waals surface area contributed by atoms with Crippen LogP contribution >= 0.6 is 0 Å². The van der Waals surface area contributed by atoms with E-state index in [0.717, 1.165) is 0 Å². The van der Waals surface area contributed by atoms with Crippen LogP contribution < -0.4 is 0 Å². The zero-order chi connectivity index (χ0) is 10.0. The average Bonchev–Trinajstić information content (AvgIpc) is 2.46. The van der Waals surface area contributed by atoms with Gasteiger partial charge in [0.1, 0.15) is 0 Å². The van der Waals surface area contributed by atoms with Crippen LogP contribution in [-0.4, -0.2) is 41.8 Å². The molecule has 1 saturated heterocycles. The first-order valence-electron chi connectivity index (χ1n) is 4.13. The van der Waals surface area contributed by atoms with E-state index in [2.05, 4.69) is 4.74 Å². The van der Waals surface area contributed by atoms with E-state index in [1.165, 1.54) is 12.0 Å². The summed E-state index contributed by atoms with van der Waals surface area (Å²) in [6.07, 6.45) is -0.419. The third-order valence-corrected chi connectivity index (χ3v) is 2.35. The number of ether oxygens (including phenoxy) is 1. The molecule has 1 aliphatic rings. The van der Waals surface area contributed by atoms with Crippen molar-refractivity contribution in [3.63, 3.8) is 0 Å². The number of esters is 1. The Morgan fingerprint density at radius 1 is 1.54 bits per heavy atom. The normalized spacial score (nSPS) is 27.4. The number of carbonyl (C=O) groups excluding carboxylic acids is 1. The molecule has 0 aromatic carbocycles. The maximum absolute atomic E-state index is 11.1. The molecule has 1 aliphatic heterocycles. The van der Waals surface area contributed by atoms with Gasteiger partial charge in [-0.15, -0.1) is 0 Å². The molecule has 0 spiro atoms. The highest BCUT2D eigenvalue weighted by atomic mass is 16.5. The first kappa shape index (κ1) is 9.83. The Morgan fingerprint density at radius 2 is 2.15 bits per heavy atom. The highest BCUT2D eigenvalue weighted by molar-refractivity contribution is 5.75. The molecule has 0 radical (unpaired) electrons. The summed E-state index contributed by atoms with van der Waals surface area (Å²) in [5.74, 6) is -0.619. The smallest absolute Gasteiger partial charge is 0.407 e. The molecule has 1 amide bonds. The topological polar surface area (TPSA) is 66.8 Å². The lowest BCUT2D eigenvalue weighted by Gasteiger charge is -2.16. The van der Waals surface area contributed by atoms with E-state index < -0.39 is 6.09 Å². The van der Waals surface area contributed by atoms with Crippen LogP contribution in [0.5, 0.6) is 0 Å². The van der Waals surface area contributed by atoms with E-state index in [0.29, 0.717) is 6.42 Å². The third kappa shape index (κ3) is 1.91. The van der Waals surface area contributed by atoms with Crippen LogP contribution in [0.3, 0.4) is 0 Å². The van der Waals surface area contributed by atoms with Gasteiger partial charge in [0.05, 0.1) is 13.0 Å². The maximum atomic E-state index is 11.1. The number of nitrogens with zero attached hydrogens (tertiary/aromatic N) is 1. The Kier molecular flexibility index (Phi) is 2.75. The zero-order valence-electron chi connectivity index (χ0n) is 7.69. The van der Waals surface area contributed by atoms with Crippen LogP contribution in [0.4, 0.5) is 4.79 Å². The minimum absolute atomic E-state index is 0.0957. The molecule has 0 aliphatic carbocycles. The fraction of sp³-hybridized carbons (Fsp3) is 0.750. The lowest BCUT2D eigenvalue weighted by Crippen LogP contribution is -2.33. The van der Waals surface area contributed by atoms with E-state index in [1.54, 1.807) is 6.92 Å². The molecular formula is C8H13NO4. The van der Waals surface area contributed by atoms with E-state index in [4.69, 9.17) is 5.11 Å². The van der Waals surface area contributed by atoms with E-state index in [1.807, 2.05) is 0 Å². The van der Waals surface area contributed by atoms with Gasteiger partial charge in [0.15, 0.2) is 0 Å². The second-order valence-corrected chi connectivity index (χ2v) is 3.24. The molecule has 74 valence electrons. The number of carboxylic acid groups (broad SMARTS) is 1. The van der Waals surface area contributed by atoms with Crippen molar-refractivity contribution in [1.29, 1.82) is 0 Å². The number of amides is 1. The van der Waals surface area contributed by atoms with Gasteiger partial charge in [-0.3, -0.25) is 4.79 Å². The summed E-state index contributed by atoms with van der Waals surface area (Å²) in [5, 5.41) is 8.73. The Morgan fingerprint density at radius 3 is 2.54 bits per heavy atom. The van der Waals surface area contributed by atoms with Crippen LogP contribution in [0, 0.1) is 5.92 Å². The van der Waals surface area contributed by atoms with Crippen LogP contribution in [-0.2, 0) is 9.53 Å². The van der Waals surface area contributed by atoms with Crippen molar-refractivity contribution in [3.8, 4) is 0 Å². The molecule has 0 saturated carbocycles. The molecule has 0 aromatic heterocycles. The summed E-state index contributed by atoms with van der Waals surface area (Å²) in [6.45, 7) is 2.04. The van der Waals surface area contributed by atoms with Gasteiger partial charge in [0.25, 0.3) is 0 Å². The monoisotopic (exact) mass is 187 g/mol. The molecule has 1 fully saturated rings. The molecule has 13 heavy (non-hydrogen) atoms. The lowest BCUT2D eigenvalue weighted by molar-refractivity contribution is -0.144. The van der Waals surface area contributed by atoms with Gasteiger partial charge in [0, 0.05) is 12.6 Å². The van der Waals surface area contributed by atoms with Crippen molar-refractivity contribution in [3.05, 3.63) is 0 Å². The van der Waals surface area contributed by atoms with Crippen LogP contribution in [0.1, 0.15) is 13.3 Å². The summed E-state index contributed by atoms with van der Waals surface area (Å²) >= 11 is 0. The summed E-state index contributed by atoms with van der Waals surface area (Å²) in [7, 11) is 1.32. The first-order valence-corrected chi connectivity index (χ1v) is 4.13. The van der Waals surface area contributed by atoms with Crippen molar-refractivity contribution in [2.45, 2.75) is 19.4 Å². The Hall–Kier alpha value is -1.26. The number of likely N-dealkylation sites (tertiary alicyclic amines) is 1. The van der Waals surface area contributed by atoms with Crippen LogP contribution in [0.15, 0.2) is 0 Å². The van der Waals surface area contributed by atoms with E-state index in [-0.39, 0.29) is 24.5 Å². The first-order chi connectivity index (χ1) is 6.06. The van der Waals surface area contributed by atoms with Crippen molar-refractivity contribution >= 4 is 12.1 Å². The minimum atomic E-state index is -0.973. The van der Waals surface area contributed by atoms with Gasteiger partial charge in [-0.2, -0.15) is 0 Å². The second-order valence-electron chi connectivity index (χ2n) is 3.24. The summed E-state index contributed by atoms with van der Waals surface area (Å²) in [5.41, 5.74) is 0. The molecule has 1 rings (SSSR count). The van der Waals surface area contributed by atoms with Crippen molar-refractivity contribution in [2.24, 2.45) is 5.92 Å². The standard InChI is InChI=1S/C8H13NO4/c1-5-3-6(7(10)13-2)4-9(5)8(11)12/h5-6H,3-4H2,1-2H3,(H,11,12). The molecule has 1 N–H and O–H groups in total. The molecule has 0 aromatic rings. The largest absolute Gasteiger partial charge is 0.469 e. The van der Waals surface area contributed by atoms with Gasteiger partial charge in [-0.1, -0.05) is 0 Å². The maximum Gasteiger partial charge on any atom is 0.407 e. The number of carbonyl (C=O) groups is 2. The zero-order valence-corrected chi connectivity index (χ0v) is 7.69. The second kappa shape index (κ2) is 3.64. The summed E-state index contributed by atoms with van der Waals surface area (Å²) < 4.78 is 4.55. The molecule has 5 nitrogen and oxygen atoms in total. The van der Waals surface area contributed by atoms with Crippen molar-refractivity contribution < 1.29 is 19.4 Å². The predicted octanol–water partition coefficient (Wildman–Crippen LogP) is 0.548. The highest BCUT2D eigenvalue weighted by Crippen LogP contribution is 2.23. The molecule has 2 atom stereocenters. The lowest BCUT2D eigenvalue weighted by atomic mass is 10.1. The Balaban J connectivity index is 2.59. The van der Waals surface area contributed by atoms with Gasteiger partial charge in [-0.25, -0.2) is 4.79 Å². The number of hydrogen-bond donors (Lipinski definition) is 1. The van der Waals surface area contributed by atoms with Crippen molar-refractivity contribution in [1.82, 2.24) is 4.90 Å². The molecule has 0 bridgehead atoms. The fourth-order valence-electron chi connectivity index (χ4n) is 1.63. The molecule has 1 heterocycles. The summed E-state index contributed by atoms with van der Waals surface area (Å²) in [4.78, 5) is 23.0. The molecule has 5 heteroatoms. The number of methoxy groups -OCH3 is 1. The quantitative estimate of drug-likeness (QED) is 0.608. The highest BCUT2D eigenvalue weighted by Gasteiger charge is 2.36. The Bertz CT molecular complexity index is 228. The molecule has 2 unspecified atom stereocenters. The van der Waals surface area contributed by atoms with Gasteiger partial charge >= 0.3 is 12.1 Å². The fourth-order valence-corrected chi connectivity index (χ4v) is 1.63. The van der Waals surface area contributed by atoms with Crippen LogP contribution in [0.2, 0.25) is 0 Å². The number of rotatable bonds is 1. The minimum Gasteiger partial charge on any atom is -0.469 e. The average molecular weight is 187 g/mol. The SMILES string of the molecule is COC(=O)C1CC(C)N(C(=O)O)C1. The van der Waals surface area contributed by atoms with Gasteiger partial charge in [0.2, 0.25) is 0 Å². The van der Waals surface area contributed by atoms with Gasteiger partial charge in [-0.05, 0) is 13.3 Å². The van der Waals surface area contributed by atoms with Crippen molar-refractivity contribution in [2.75, 3.05) is 13.7 Å². The Labute approximate surface area is 76.3 Å². The summed E-state index contributed by atoms with van der Waals surface area (Å²) in [6, 6.07) is -0.0957. The molecular weight excluding hydrogens is 174 g/mol. The van der Waals surface area contributed by atoms with Gasteiger partial charge < -0.3 is 14.7 Å². The predicted molar refractivity (Wildman–Crippen MR) is 44.3 cm³/mol. The third-order valence-electron chi connectivity index (χ3n) is 2.35.